The van der Waals surface area contributed by atoms with Gasteiger partial charge in [-0.3, -0.25) is 9.69 Å². The van der Waals surface area contributed by atoms with Gasteiger partial charge in [0.05, 0.1) is 6.26 Å². The summed E-state index contributed by atoms with van der Waals surface area (Å²) in [5.74, 6) is 0.927. The highest BCUT2D eigenvalue weighted by molar-refractivity contribution is 7.88. The summed E-state index contributed by atoms with van der Waals surface area (Å²) in [6.45, 7) is 4.04. The van der Waals surface area contributed by atoms with Crippen molar-refractivity contribution in [2.75, 3.05) is 39.0 Å². The van der Waals surface area contributed by atoms with Gasteiger partial charge in [-0.2, -0.15) is 0 Å². The van der Waals surface area contributed by atoms with E-state index in [0.717, 1.165) is 25.6 Å². The first kappa shape index (κ1) is 17.7. The summed E-state index contributed by atoms with van der Waals surface area (Å²) in [5.41, 5.74) is 0. The minimum absolute atomic E-state index is 0.0117. The molecule has 0 spiro atoms. The smallest absolute Gasteiger partial charge is 0.225 e. The molecule has 1 amide bonds. The molecular formula is C18H31N3O3S. The number of carbonyl (C=O) groups is 1. The van der Waals surface area contributed by atoms with Crippen molar-refractivity contribution in [1.82, 2.24) is 14.1 Å². The molecule has 6 nitrogen and oxygen atoms in total. The van der Waals surface area contributed by atoms with E-state index in [1.165, 1.54) is 42.8 Å². The number of likely N-dealkylation sites (tertiary alicyclic amines) is 2. The lowest BCUT2D eigenvalue weighted by atomic mass is 9.83. The molecule has 2 atom stereocenters. The third kappa shape index (κ3) is 3.74. The molecule has 4 rings (SSSR count). The average Bonchev–Trinajstić information content (AvgIpc) is 3.44. The lowest BCUT2D eigenvalue weighted by Crippen LogP contribution is -2.56. The van der Waals surface area contributed by atoms with Crippen molar-refractivity contribution in [3.05, 3.63) is 0 Å². The van der Waals surface area contributed by atoms with Crippen LogP contribution in [0, 0.1) is 11.8 Å². The van der Waals surface area contributed by atoms with Crippen molar-refractivity contribution in [3.63, 3.8) is 0 Å². The third-order valence-electron chi connectivity index (χ3n) is 6.71. The maximum atomic E-state index is 13.0. The molecule has 3 saturated heterocycles. The fourth-order valence-electron chi connectivity index (χ4n) is 5.19. The number of sulfonamides is 1. The molecule has 1 saturated carbocycles. The van der Waals surface area contributed by atoms with Crippen molar-refractivity contribution >= 4 is 15.9 Å². The normalized spacial score (nSPS) is 33.2. The Hall–Kier alpha value is -0.660. The minimum atomic E-state index is -3.12. The topological polar surface area (TPSA) is 60.9 Å². The Morgan fingerprint density at radius 3 is 2.28 bits per heavy atom. The van der Waals surface area contributed by atoms with E-state index in [1.54, 1.807) is 0 Å². The molecule has 7 heteroatoms. The first-order valence-corrected chi connectivity index (χ1v) is 11.8. The van der Waals surface area contributed by atoms with Gasteiger partial charge < -0.3 is 4.90 Å². The van der Waals surface area contributed by atoms with Crippen LogP contribution in [0.25, 0.3) is 0 Å². The summed E-state index contributed by atoms with van der Waals surface area (Å²) in [4.78, 5) is 17.8. The van der Waals surface area contributed by atoms with Crippen LogP contribution in [-0.2, 0) is 14.8 Å². The Morgan fingerprint density at radius 2 is 1.64 bits per heavy atom. The van der Waals surface area contributed by atoms with E-state index in [2.05, 4.69) is 9.80 Å². The number of hydrogen-bond donors (Lipinski definition) is 0. The van der Waals surface area contributed by atoms with E-state index in [4.69, 9.17) is 0 Å². The van der Waals surface area contributed by atoms with Crippen LogP contribution < -0.4 is 0 Å². The van der Waals surface area contributed by atoms with Gasteiger partial charge >= 0.3 is 0 Å². The molecule has 0 aromatic rings. The second kappa shape index (κ2) is 6.82. The quantitative estimate of drug-likeness (QED) is 0.748. The van der Waals surface area contributed by atoms with Crippen molar-refractivity contribution in [2.45, 2.75) is 57.0 Å². The van der Waals surface area contributed by atoms with Gasteiger partial charge in [0.2, 0.25) is 15.9 Å². The van der Waals surface area contributed by atoms with Crippen LogP contribution in [0.2, 0.25) is 0 Å². The predicted octanol–water partition coefficient (Wildman–Crippen LogP) is 1.13. The zero-order valence-electron chi connectivity index (χ0n) is 15.3. The molecular weight excluding hydrogens is 338 g/mol. The SMILES string of the molecule is CS(=O)(=O)N1CCC(C(=O)N2CC[C@H]3[C@@H](CCCN3C3CC3)C2)CC1. The summed E-state index contributed by atoms with van der Waals surface area (Å²) in [7, 11) is -3.12. The van der Waals surface area contributed by atoms with Crippen LogP contribution in [0.4, 0.5) is 0 Å². The Bertz CT molecular complexity index is 611. The number of nitrogens with zero attached hydrogens (tertiary/aromatic N) is 3. The van der Waals surface area contributed by atoms with E-state index in [9.17, 15) is 13.2 Å². The van der Waals surface area contributed by atoms with Crippen molar-refractivity contribution in [2.24, 2.45) is 11.8 Å². The summed E-state index contributed by atoms with van der Waals surface area (Å²) < 4.78 is 24.8. The summed E-state index contributed by atoms with van der Waals surface area (Å²) in [6.07, 6.45) is 8.98. The fourth-order valence-corrected chi connectivity index (χ4v) is 6.07. The lowest BCUT2D eigenvalue weighted by molar-refractivity contribution is -0.140. The van der Waals surface area contributed by atoms with Gasteiger partial charge in [-0.25, -0.2) is 12.7 Å². The molecule has 0 bridgehead atoms. The maximum absolute atomic E-state index is 13.0. The van der Waals surface area contributed by atoms with Gasteiger partial charge in [0, 0.05) is 44.2 Å². The van der Waals surface area contributed by atoms with Gasteiger partial charge in [-0.1, -0.05) is 0 Å². The fraction of sp³-hybridized carbons (Fsp3) is 0.944. The highest BCUT2D eigenvalue weighted by atomic mass is 32.2. The Kier molecular flexibility index (Phi) is 4.84. The van der Waals surface area contributed by atoms with Crippen LogP contribution in [0.1, 0.15) is 44.9 Å². The zero-order valence-corrected chi connectivity index (χ0v) is 16.1. The third-order valence-corrected chi connectivity index (χ3v) is 8.01. The molecule has 0 N–H and O–H groups in total. The predicted molar refractivity (Wildman–Crippen MR) is 96.6 cm³/mol. The number of carbonyl (C=O) groups excluding carboxylic acids is 1. The van der Waals surface area contributed by atoms with E-state index >= 15 is 0 Å². The number of hydrogen-bond acceptors (Lipinski definition) is 4. The zero-order chi connectivity index (χ0) is 17.6. The summed E-state index contributed by atoms with van der Waals surface area (Å²) >= 11 is 0. The molecule has 4 fully saturated rings. The van der Waals surface area contributed by atoms with Crippen LogP contribution in [0.5, 0.6) is 0 Å². The van der Waals surface area contributed by atoms with Crippen LogP contribution in [-0.4, -0.2) is 79.5 Å². The number of fused-ring (bicyclic) bond motifs is 1. The molecule has 142 valence electrons. The minimum Gasteiger partial charge on any atom is -0.342 e. The second-order valence-electron chi connectivity index (χ2n) is 8.45. The molecule has 4 aliphatic rings. The van der Waals surface area contributed by atoms with Gasteiger partial charge in [-0.05, 0) is 57.4 Å². The average molecular weight is 370 g/mol. The molecule has 3 heterocycles. The molecule has 0 aromatic carbocycles. The monoisotopic (exact) mass is 369 g/mol. The Labute approximate surface area is 151 Å². The molecule has 0 radical (unpaired) electrons. The first-order chi connectivity index (χ1) is 11.9. The molecule has 3 aliphatic heterocycles. The standard InChI is InChI=1S/C18H31N3O3S/c1-25(23,24)20-11-6-14(7-12-20)18(22)19-10-8-17-15(13-19)3-2-9-21(17)16-4-5-16/h14-17H,2-13H2,1H3/t15-,17-/m0/s1. The molecule has 1 aliphatic carbocycles. The molecule has 25 heavy (non-hydrogen) atoms. The number of piperidine rings is 3. The van der Waals surface area contributed by atoms with Gasteiger partial charge in [0.1, 0.15) is 0 Å². The highest BCUT2D eigenvalue weighted by Gasteiger charge is 2.43. The van der Waals surface area contributed by atoms with E-state index < -0.39 is 10.0 Å². The summed E-state index contributed by atoms with van der Waals surface area (Å²) in [5, 5.41) is 0. The van der Waals surface area contributed by atoms with Crippen molar-refractivity contribution in [1.29, 1.82) is 0 Å². The molecule has 0 unspecified atom stereocenters. The van der Waals surface area contributed by atoms with E-state index in [0.29, 0.717) is 37.9 Å². The van der Waals surface area contributed by atoms with Crippen LogP contribution in [0.15, 0.2) is 0 Å². The Morgan fingerprint density at radius 1 is 0.920 bits per heavy atom. The maximum Gasteiger partial charge on any atom is 0.225 e. The Balaban J connectivity index is 1.33. The van der Waals surface area contributed by atoms with Crippen molar-refractivity contribution < 1.29 is 13.2 Å². The highest BCUT2D eigenvalue weighted by Crippen LogP contribution is 2.38. The summed E-state index contributed by atoms with van der Waals surface area (Å²) in [6, 6.07) is 1.52. The van der Waals surface area contributed by atoms with Gasteiger partial charge in [0.25, 0.3) is 0 Å². The van der Waals surface area contributed by atoms with Gasteiger partial charge in [-0.15, -0.1) is 0 Å². The molecule has 0 aromatic heterocycles. The second-order valence-corrected chi connectivity index (χ2v) is 10.4. The number of rotatable bonds is 3. The van der Waals surface area contributed by atoms with Gasteiger partial charge in [0.15, 0.2) is 0 Å². The van der Waals surface area contributed by atoms with E-state index in [1.807, 2.05) is 0 Å². The van der Waals surface area contributed by atoms with Crippen LogP contribution in [0.3, 0.4) is 0 Å². The van der Waals surface area contributed by atoms with Crippen molar-refractivity contribution in [3.8, 4) is 0 Å². The van der Waals surface area contributed by atoms with E-state index in [-0.39, 0.29) is 11.8 Å². The van der Waals surface area contributed by atoms with Crippen LogP contribution >= 0.6 is 0 Å². The lowest BCUT2D eigenvalue weighted by Gasteiger charge is -2.48. The number of amides is 1. The largest absolute Gasteiger partial charge is 0.342 e. The first-order valence-electron chi connectivity index (χ1n) is 9.93.